The molecular weight excluding hydrogens is 384 g/mol. The van der Waals surface area contributed by atoms with Crippen molar-refractivity contribution in [3.63, 3.8) is 0 Å². The Hall–Kier alpha value is -3.16. The fraction of sp³-hybridized carbons (Fsp3) is 0.455. The van der Waals surface area contributed by atoms with Crippen LogP contribution in [0.2, 0.25) is 0 Å². The molecule has 8 heteroatoms. The molecule has 0 aromatic carbocycles. The average Bonchev–Trinajstić information content (AvgIpc) is 2.98. The van der Waals surface area contributed by atoms with E-state index in [1.54, 1.807) is 39.2 Å². The van der Waals surface area contributed by atoms with Gasteiger partial charge in [-0.05, 0) is 58.7 Å². The van der Waals surface area contributed by atoms with Gasteiger partial charge in [-0.25, -0.2) is 9.59 Å². The lowest BCUT2D eigenvalue weighted by Gasteiger charge is -2.32. The summed E-state index contributed by atoms with van der Waals surface area (Å²) < 4.78 is 4.78. The molecule has 2 amide bonds. The smallest absolute Gasteiger partial charge is 0.354 e. The molecule has 162 valence electrons. The van der Waals surface area contributed by atoms with E-state index in [9.17, 15) is 14.4 Å². The Kier molecular flexibility index (Phi) is 7.02. The van der Waals surface area contributed by atoms with Gasteiger partial charge in [-0.3, -0.25) is 9.78 Å². The van der Waals surface area contributed by atoms with Crippen molar-refractivity contribution in [2.24, 2.45) is 0 Å². The number of carbonyl (C=O) groups is 3. The minimum Gasteiger partial charge on any atom is -0.464 e. The zero-order valence-electron chi connectivity index (χ0n) is 18.6. The topological polar surface area (TPSA) is 104 Å². The second kappa shape index (κ2) is 9.11. The second-order valence-corrected chi connectivity index (χ2v) is 8.33. The number of ketones is 1. The highest BCUT2D eigenvalue weighted by Gasteiger charge is 2.32. The summed E-state index contributed by atoms with van der Waals surface area (Å²) in [5.74, 6) is -0.802. The van der Waals surface area contributed by atoms with Gasteiger partial charge >= 0.3 is 12.0 Å². The molecule has 2 rings (SSSR count). The van der Waals surface area contributed by atoms with Crippen molar-refractivity contribution in [2.75, 3.05) is 7.11 Å². The summed E-state index contributed by atoms with van der Waals surface area (Å²) in [7, 11) is 1.29. The van der Waals surface area contributed by atoms with E-state index >= 15 is 0 Å². The van der Waals surface area contributed by atoms with Crippen molar-refractivity contribution in [1.29, 1.82) is 0 Å². The molecule has 1 atom stereocenters. The minimum absolute atomic E-state index is 0.217. The Balaban J connectivity index is 2.40. The van der Waals surface area contributed by atoms with Gasteiger partial charge in [0.05, 0.1) is 13.2 Å². The number of pyridine rings is 1. The van der Waals surface area contributed by atoms with E-state index in [-0.39, 0.29) is 24.1 Å². The monoisotopic (exact) mass is 414 g/mol. The van der Waals surface area contributed by atoms with Crippen LogP contribution in [0.5, 0.6) is 0 Å². The molecule has 2 aromatic heterocycles. The zero-order chi connectivity index (χ0) is 22.6. The first-order chi connectivity index (χ1) is 14.0. The molecule has 2 N–H and O–H groups in total. The number of hydrogen-bond acceptors (Lipinski definition) is 5. The number of nitrogens with zero attached hydrogens (tertiary/aromatic N) is 2. The van der Waals surface area contributed by atoms with Gasteiger partial charge in [-0.15, -0.1) is 0 Å². The number of ether oxygens (including phenoxy) is 1. The van der Waals surface area contributed by atoms with Gasteiger partial charge in [0.2, 0.25) is 0 Å². The predicted octanol–water partition coefficient (Wildman–Crippen LogP) is 3.39. The molecule has 0 saturated heterocycles. The Morgan fingerprint density at radius 2 is 1.93 bits per heavy atom. The molecule has 8 nitrogen and oxygen atoms in total. The van der Waals surface area contributed by atoms with Gasteiger partial charge in [0.15, 0.2) is 5.78 Å². The number of esters is 1. The molecule has 1 unspecified atom stereocenters. The SMILES string of the molecule is COC(=O)c1[nH]c(C)c(C(=O)C(C)N(Cc2cccnc2)C(=O)NC(C)(C)C)c1C. The highest BCUT2D eigenvalue weighted by molar-refractivity contribution is 6.06. The molecule has 0 fully saturated rings. The first-order valence-corrected chi connectivity index (χ1v) is 9.75. The maximum Gasteiger partial charge on any atom is 0.354 e. The molecule has 0 aliphatic heterocycles. The second-order valence-electron chi connectivity index (χ2n) is 8.33. The first-order valence-electron chi connectivity index (χ1n) is 9.75. The number of aryl methyl sites for hydroxylation is 1. The van der Waals surface area contributed by atoms with E-state index in [1.165, 1.54) is 12.0 Å². The number of aromatic nitrogens is 2. The fourth-order valence-electron chi connectivity index (χ4n) is 3.24. The number of urea groups is 1. The summed E-state index contributed by atoms with van der Waals surface area (Å²) in [5.41, 5.74) is 2.03. The van der Waals surface area contributed by atoms with Crippen LogP contribution in [0.1, 0.15) is 65.4 Å². The lowest BCUT2D eigenvalue weighted by Crippen LogP contribution is -2.52. The molecule has 0 saturated carbocycles. The number of nitrogens with one attached hydrogen (secondary N) is 2. The standard InChI is InChI=1S/C22H30N4O4/c1-13-17(14(2)24-18(13)20(28)30-7)19(27)15(3)26(21(29)25-22(4,5)6)12-16-9-8-10-23-11-16/h8-11,15,24H,12H2,1-7H3,(H,25,29). The van der Waals surface area contributed by atoms with Gasteiger partial charge < -0.3 is 19.9 Å². The van der Waals surface area contributed by atoms with Crippen LogP contribution in [0, 0.1) is 13.8 Å². The third kappa shape index (κ3) is 5.25. The van der Waals surface area contributed by atoms with Gasteiger partial charge in [0.1, 0.15) is 5.69 Å². The highest BCUT2D eigenvalue weighted by atomic mass is 16.5. The summed E-state index contributed by atoms with van der Waals surface area (Å²) in [4.78, 5) is 46.9. The summed E-state index contributed by atoms with van der Waals surface area (Å²) in [5, 5.41) is 2.92. The molecule has 30 heavy (non-hydrogen) atoms. The Morgan fingerprint density at radius 1 is 1.27 bits per heavy atom. The highest BCUT2D eigenvalue weighted by Crippen LogP contribution is 2.23. The lowest BCUT2D eigenvalue weighted by molar-refractivity contribution is 0.0593. The molecule has 0 aliphatic rings. The molecule has 0 spiro atoms. The van der Waals surface area contributed by atoms with Crippen LogP contribution in [0.4, 0.5) is 4.79 Å². The normalized spacial score (nSPS) is 12.2. The van der Waals surface area contributed by atoms with Crippen molar-refractivity contribution >= 4 is 17.8 Å². The van der Waals surface area contributed by atoms with Gasteiger partial charge in [0.25, 0.3) is 0 Å². The molecular formula is C22H30N4O4. The van der Waals surface area contributed by atoms with E-state index in [0.29, 0.717) is 16.8 Å². The summed E-state index contributed by atoms with van der Waals surface area (Å²) >= 11 is 0. The number of aromatic amines is 1. The van der Waals surface area contributed by atoms with E-state index < -0.39 is 17.6 Å². The third-order valence-corrected chi connectivity index (χ3v) is 4.74. The quantitative estimate of drug-likeness (QED) is 0.557. The van der Waals surface area contributed by atoms with Crippen LogP contribution in [0.3, 0.4) is 0 Å². The number of carbonyl (C=O) groups excluding carboxylic acids is 3. The number of methoxy groups -OCH3 is 1. The van der Waals surface area contributed by atoms with Crippen molar-refractivity contribution in [2.45, 2.75) is 59.7 Å². The molecule has 0 radical (unpaired) electrons. The molecule has 0 aliphatic carbocycles. The number of amides is 2. The first kappa shape index (κ1) is 23.1. The van der Waals surface area contributed by atoms with Crippen LogP contribution in [-0.2, 0) is 11.3 Å². The molecule has 2 aromatic rings. The predicted molar refractivity (Wildman–Crippen MR) is 113 cm³/mol. The van der Waals surface area contributed by atoms with E-state index in [1.807, 2.05) is 26.8 Å². The van der Waals surface area contributed by atoms with Gasteiger partial charge in [-0.1, -0.05) is 6.07 Å². The van der Waals surface area contributed by atoms with Crippen LogP contribution < -0.4 is 5.32 Å². The van der Waals surface area contributed by atoms with E-state index in [0.717, 1.165) is 5.56 Å². The van der Waals surface area contributed by atoms with Gasteiger partial charge in [0, 0.05) is 35.7 Å². The molecule has 2 heterocycles. The fourth-order valence-corrected chi connectivity index (χ4v) is 3.24. The number of Topliss-reactive ketones (excluding diaryl/α,β-unsaturated/α-hetero) is 1. The summed E-state index contributed by atoms with van der Waals surface area (Å²) in [6.07, 6.45) is 3.31. The largest absolute Gasteiger partial charge is 0.464 e. The maximum absolute atomic E-state index is 13.4. The molecule has 0 bridgehead atoms. The van der Waals surface area contributed by atoms with Gasteiger partial charge in [-0.2, -0.15) is 0 Å². The summed E-state index contributed by atoms with van der Waals surface area (Å²) in [6.45, 7) is 10.9. The van der Waals surface area contributed by atoms with Crippen molar-refractivity contribution in [1.82, 2.24) is 20.2 Å². The average molecular weight is 415 g/mol. The third-order valence-electron chi connectivity index (χ3n) is 4.74. The Bertz CT molecular complexity index is 929. The van der Waals surface area contributed by atoms with E-state index in [2.05, 4.69) is 15.3 Å². The minimum atomic E-state index is -0.772. The number of hydrogen-bond donors (Lipinski definition) is 2. The maximum atomic E-state index is 13.4. The number of rotatable bonds is 6. The number of H-pyrrole nitrogens is 1. The van der Waals surface area contributed by atoms with Crippen molar-refractivity contribution < 1.29 is 19.1 Å². The zero-order valence-corrected chi connectivity index (χ0v) is 18.6. The Labute approximate surface area is 177 Å². The van der Waals surface area contributed by atoms with Crippen molar-refractivity contribution in [3.05, 3.63) is 52.6 Å². The lowest BCUT2D eigenvalue weighted by atomic mass is 9.99. The Morgan fingerprint density at radius 3 is 2.47 bits per heavy atom. The van der Waals surface area contributed by atoms with Crippen LogP contribution in [-0.4, -0.2) is 51.3 Å². The van der Waals surface area contributed by atoms with Crippen molar-refractivity contribution in [3.8, 4) is 0 Å². The van der Waals surface area contributed by atoms with E-state index in [4.69, 9.17) is 4.74 Å². The summed E-state index contributed by atoms with van der Waals surface area (Å²) in [6, 6.07) is 2.51. The van der Waals surface area contributed by atoms with Crippen LogP contribution in [0.15, 0.2) is 24.5 Å². The van der Waals surface area contributed by atoms with Crippen LogP contribution >= 0.6 is 0 Å². The van der Waals surface area contributed by atoms with Crippen LogP contribution in [0.25, 0.3) is 0 Å².